The normalized spacial score (nSPS) is 13.9. The van der Waals surface area contributed by atoms with Crippen LogP contribution in [0, 0.1) is 6.92 Å². The van der Waals surface area contributed by atoms with E-state index in [-0.39, 0.29) is 18.0 Å². The number of carbonyl (C=O) groups is 1. The van der Waals surface area contributed by atoms with Gasteiger partial charge < -0.3 is 10.2 Å². The van der Waals surface area contributed by atoms with Crippen molar-refractivity contribution in [1.29, 1.82) is 0 Å². The van der Waals surface area contributed by atoms with E-state index >= 15 is 0 Å². The van der Waals surface area contributed by atoms with Crippen LogP contribution in [-0.2, 0) is 11.3 Å². The van der Waals surface area contributed by atoms with Gasteiger partial charge in [0.25, 0.3) is 5.56 Å². The van der Waals surface area contributed by atoms with Gasteiger partial charge in [-0.2, -0.15) is 5.10 Å². The molecule has 0 bridgehead atoms. The van der Waals surface area contributed by atoms with E-state index in [0.29, 0.717) is 21.9 Å². The van der Waals surface area contributed by atoms with E-state index in [0.717, 1.165) is 46.9 Å². The molecule has 2 aromatic heterocycles. The number of carbonyl (C=O) groups excluding carboxylic acids is 1. The molecule has 1 amide bonds. The van der Waals surface area contributed by atoms with Crippen LogP contribution in [-0.4, -0.2) is 33.8 Å². The van der Waals surface area contributed by atoms with E-state index in [4.69, 9.17) is 16.6 Å². The number of anilines is 2. The fourth-order valence-electron chi connectivity index (χ4n) is 4.13. The number of nitrogens with zero attached hydrogens (tertiary/aromatic N) is 4. The summed E-state index contributed by atoms with van der Waals surface area (Å²) in [5, 5.41) is 8.86. The highest BCUT2D eigenvalue weighted by Gasteiger charge is 2.22. The van der Waals surface area contributed by atoms with Gasteiger partial charge in [0, 0.05) is 29.4 Å². The third-order valence-electron chi connectivity index (χ3n) is 6.00. The topological polar surface area (TPSA) is 80.1 Å². The van der Waals surface area contributed by atoms with Crippen LogP contribution in [0.3, 0.4) is 0 Å². The second-order valence-corrected chi connectivity index (χ2v) is 9.74. The predicted octanol–water partition coefficient (Wildman–Crippen LogP) is 5.11. The van der Waals surface area contributed by atoms with Gasteiger partial charge in [0.15, 0.2) is 10.6 Å². The Balaban J connectivity index is 1.55. The van der Waals surface area contributed by atoms with Gasteiger partial charge in [-0.3, -0.25) is 9.59 Å². The van der Waals surface area contributed by atoms with Gasteiger partial charge >= 0.3 is 0 Å². The Labute approximate surface area is 206 Å². The van der Waals surface area contributed by atoms with E-state index in [9.17, 15) is 9.59 Å². The highest BCUT2D eigenvalue weighted by molar-refractivity contribution is 7.22. The molecule has 0 unspecified atom stereocenters. The van der Waals surface area contributed by atoms with Crippen molar-refractivity contribution in [3.63, 3.8) is 0 Å². The van der Waals surface area contributed by atoms with Gasteiger partial charge in [0.05, 0.1) is 4.70 Å². The molecule has 1 saturated heterocycles. The average molecular weight is 494 g/mol. The second-order valence-electron chi connectivity index (χ2n) is 8.36. The largest absolute Gasteiger partial charge is 0.348 e. The fraction of sp³-hybridized carbons (Fsp3) is 0.280. The lowest BCUT2D eigenvalue weighted by molar-refractivity contribution is -0.117. The quantitative estimate of drug-likeness (QED) is 0.418. The molecule has 0 aliphatic carbocycles. The molecule has 5 rings (SSSR count). The van der Waals surface area contributed by atoms with E-state index in [2.05, 4.69) is 15.3 Å². The maximum Gasteiger partial charge on any atom is 0.294 e. The van der Waals surface area contributed by atoms with E-state index < -0.39 is 0 Å². The highest BCUT2D eigenvalue weighted by atomic mass is 35.5. The lowest BCUT2D eigenvalue weighted by Crippen LogP contribution is -2.31. The van der Waals surface area contributed by atoms with Crippen LogP contribution in [0.4, 0.5) is 10.8 Å². The summed E-state index contributed by atoms with van der Waals surface area (Å²) in [5.41, 5.74) is 2.89. The first-order chi connectivity index (χ1) is 16.5. The summed E-state index contributed by atoms with van der Waals surface area (Å²) in [6.45, 7) is 3.48. The first-order valence-corrected chi connectivity index (χ1v) is 12.5. The van der Waals surface area contributed by atoms with Crippen LogP contribution in [0.5, 0.6) is 0 Å². The minimum absolute atomic E-state index is 0.225. The first kappa shape index (κ1) is 22.6. The van der Waals surface area contributed by atoms with Crippen molar-refractivity contribution in [3.05, 3.63) is 69.5 Å². The molecule has 34 heavy (non-hydrogen) atoms. The zero-order valence-electron chi connectivity index (χ0n) is 18.8. The van der Waals surface area contributed by atoms with Gasteiger partial charge in [-0.15, -0.1) is 0 Å². The first-order valence-electron chi connectivity index (χ1n) is 11.3. The zero-order valence-corrected chi connectivity index (χ0v) is 20.3. The van der Waals surface area contributed by atoms with Crippen molar-refractivity contribution in [2.45, 2.75) is 32.7 Å². The number of aromatic nitrogens is 3. The molecule has 1 aliphatic rings. The fourth-order valence-corrected chi connectivity index (χ4v) is 5.42. The van der Waals surface area contributed by atoms with Crippen LogP contribution in [0.15, 0.2) is 53.3 Å². The van der Waals surface area contributed by atoms with Crippen molar-refractivity contribution < 1.29 is 4.79 Å². The standard InChI is InChI=1S/C25H24ClN5O2S/c1-16-18(26)11-8-12-19(16)27-20(32)15-31-24(33)22-23(21(29-31)17-9-4-2-5-10-17)34-25(28-22)30-13-6-3-7-14-30/h2,4-5,8-12H,3,6-7,13-15H2,1H3,(H,27,32). The molecule has 7 nitrogen and oxygen atoms in total. The van der Waals surface area contributed by atoms with Crippen molar-refractivity contribution in [2.24, 2.45) is 0 Å². The Morgan fingerprint density at radius 1 is 1.09 bits per heavy atom. The molecule has 9 heteroatoms. The summed E-state index contributed by atoms with van der Waals surface area (Å²) in [6.07, 6.45) is 3.45. The highest BCUT2D eigenvalue weighted by Crippen LogP contribution is 2.34. The molecule has 2 aromatic carbocycles. The van der Waals surface area contributed by atoms with E-state index in [1.165, 1.54) is 22.4 Å². The SMILES string of the molecule is Cc1c(Cl)cccc1NC(=O)Cn1nc(-c2ccccc2)c2sc(N3CCCCC3)nc2c1=O. The monoisotopic (exact) mass is 493 g/mol. The summed E-state index contributed by atoms with van der Waals surface area (Å²) >= 11 is 7.67. The number of rotatable bonds is 5. The molecule has 1 fully saturated rings. The minimum Gasteiger partial charge on any atom is -0.348 e. The van der Waals surface area contributed by atoms with Crippen molar-refractivity contribution in [3.8, 4) is 11.3 Å². The summed E-state index contributed by atoms with van der Waals surface area (Å²) in [7, 11) is 0. The molecular weight excluding hydrogens is 470 g/mol. The van der Waals surface area contributed by atoms with Crippen molar-refractivity contribution in [2.75, 3.05) is 23.3 Å². The Bertz CT molecular complexity index is 1410. The number of amides is 1. The van der Waals surface area contributed by atoms with Gasteiger partial charge in [-0.05, 0) is 43.9 Å². The Kier molecular flexibility index (Phi) is 6.34. The van der Waals surface area contributed by atoms with E-state index in [1.54, 1.807) is 18.2 Å². The second kappa shape index (κ2) is 9.56. The number of nitrogens with one attached hydrogen (secondary N) is 1. The summed E-state index contributed by atoms with van der Waals surface area (Å²) < 4.78 is 1.96. The Hall–Kier alpha value is -3.23. The van der Waals surface area contributed by atoms with Crippen LogP contribution in [0.25, 0.3) is 21.5 Å². The average Bonchev–Trinajstić information content (AvgIpc) is 3.31. The zero-order chi connectivity index (χ0) is 23.7. The molecule has 0 saturated carbocycles. The third kappa shape index (κ3) is 4.43. The van der Waals surface area contributed by atoms with Gasteiger partial charge in [0.1, 0.15) is 12.2 Å². The molecule has 4 aromatic rings. The number of benzene rings is 2. The van der Waals surface area contributed by atoms with Gasteiger partial charge in [-0.1, -0.05) is 59.3 Å². The molecule has 3 heterocycles. The molecule has 0 radical (unpaired) electrons. The molecule has 0 atom stereocenters. The molecule has 0 spiro atoms. The van der Waals surface area contributed by atoms with Crippen LogP contribution in [0.2, 0.25) is 5.02 Å². The van der Waals surface area contributed by atoms with Crippen LogP contribution < -0.4 is 15.8 Å². The summed E-state index contributed by atoms with van der Waals surface area (Å²) in [5.74, 6) is -0.357. The Morgan fingerprint density at radius 3 is 2.62 bits per heavy atom. The van der Waals surface area contributed by atoms with Crippen LogP contribution >= 0.6 is 22.9 Å². The number of halogens is 1. The van der Waals surface area contributed by atoms with Crippen molar-refractivity contribution in [1.82, 2.24) is 14.8 Å². The van der Waals surface area contributed by atoms with Gasteiger partial charge in [-0.25, -0.2) is 9.67 Å². The number of fused-ring (bicyclic) bond motifs is 1. The smallest absolute Gasteiger partial charge is 0.294 e. The lowest BCUT2D eigenvalue weighted by atomic mass is 10.1. The van der Waals surface area contributed by atoms with Gasteiger partial charge in [0.2, 0.25) is 5.91 Å². The maximum atomic E-state index is 13.3. The van der Waals surface area contributed by atoms with Crippen LogP contribution in [0.1, 0.15) is 24.8 Å². The predicted molar refractivity (Wildman–Crippen MR) is 138 cm³/mol. The third-order valence-corrected chi connectivity index (χ3v) is 7.53. The number of hydrogen-bond donors (Lipinski definition) is 1. The molecule has 1 N–H and O–H groups in total. The Morgan fingerprint density at radius 2 is 1.85 bits per heavy atom. The maximum absolute atomic E-state index is 13.3. The number of hydrogen-bond acceptors (Lipinski definition) is 6. The number of thiazole rings is 1. The minimum atomic E-state index is -0.368. The summed E-state index contributed by atoms with van der Waals surface area (Å²) in [4.78, 5) is 33.2. The summed E-state index contributed by atoms with van der Waals surface area (Å²) in [6, 6.07) is 15.0. The molecule has 1 aliphatic heterocycles. The molecule has 174 valence electrons. The van der Waals surface area contributed by atoms with E-state index in [1.807, 2.05) is 37.3 Å². The lowest BCUT2D eigenvalue weighted by Gasteiger charge is -2.25. The van der Waals surface area contributed by atoms with Crippen molar-refractivity contribution >= 4 is 49.9 Å². The number of piperidine rings is 1. The molecular formula is C25H24ClN5O2S.